The van der Waals surface area contributed by atoms with E-state index in [0.717, 1.165) is 12.8 Å². The summed E-state index contributed by atoms with van der Waals surface area (Å²) in [7, 11) is 0. The number of phenolic OH excluding ortho intramolecular Hbond substituents is 1. The lowest BCUT2D eigenvalue weighted by Gasteiger charge is -2.34. The van der Waals surface area contributed by atoms with E-state index in [0.29, 0.717) is 29.7 Å². The van der Waals surface area contributed by atoms with Crippen LogP contribution < -0.4 is 15.0 Å². The third kappa shape index (κ3) is 4.38. The van der Waals surface area contributed by atoms with Crippen LogP contribution in [0, 0.1) is 29.4 Å². The zero-order valence-corrected chi connectivity index (χ0v) is 25.7. The summed E-state index contributed by atoms with van der Waals surface area (Å²) in [5.41, 5.74) is -2.49. The highest BCUT2D eigenvalue weighted by Gasteiger charge is 2.77. The smallest absolute Gasteiger partial charge is 0.319 e. The van der Waals surface area contributed by atoms with Gasteiger partial charge in [-0.25, -0.2) is 22.0 Å². The fourth-order valence-corrected chi connectivity index (χ4v) is 8.89. The number of nitrogens with zero attached hydrogens (tertiary/aromatic N) is 5. The second-order valence-corrected chi connectivity index (χ2v) is 14.2. The average Bonchev–Trinajstić information content (AvgIpc) is 3.30. The van der Waals surface area contributed by atoms with Gasteiger partial charge in [-0.3, -0.25) is 9.88 Å². The molecule has 1 aliphatic carbocycles. The highest BCUT2D eigenvalue weighted by molar-refractivity contribution is 6.03. The summed E-state index contributed by atoms with van der Waals surface area (Å²) in [6, 6.07) is 5.56. The van der Waals surface area contributed by atoms with Gasteiger partial charge in [0.15, 0.2) is 5.82 Å². The lowest BCUT2D eigenvalue weighted by atomic mass is 9.88. The van der Waals surface area contributed by atoms with Crippen molar-refractivity contribution in [1.29, 1.82) is 0 Å². The highest BCUT2D eigenvalue weighted by Crippen LogP contribution is 2.69. The van der Waals surface area contributed by atoms with Crippen LogP contribution in [0.2, 0.25) is 0 Å². The van der Waals surface area contributed by atoms with Crippen molar-refractivity contribution < 1.29 is 31.8 Å². The first kappa shape index (κ1) is 29.8. The lowest BCUT2D eigenvalue weighted by molar-refractivity contribution is 0.0634. The van der Waals surface area contributed by atoms with Gasteiger partial charge in [0.25, 0.3) is 5.92 Å². The van der Waals surface area contributed by atoms with E-state index in [2.05, 4.69) is 21.2 Å². The lowest BCUT2D eigenvalue weighted by Crippen LogP contribution is -2.51. The molecule has 5 fully saturated rings. The Morgan fingerprint density at radius 3 is 2.58 bits per heavy atom. The molecule has 2 aromatic carbocycles. The summed E-state index contributed by atoms with van der Waals surface area (Å²) in [5.74, 6) is -1.79. The Morgan fingerprint density at radius 1 is 1.08 bits per heavy atom. The Bertz CT molecular complexity index is 2060. The number of nitrogens with one attached hydrogen (secondary N) is 1. The van der Waals surface area contributed by atoms with Crippen LogP contribution in [-0.2, 0) is 0 Å². The molecule has 4 aliphatic heterocycles. The van der Waals surface area contributed by atoms with Gasteiger partial charge in [0.2, 0.25) is 0 Å². The van der Waals surface area contributed by atoms with Gasteiger partial charge in [-0.15, -0.1) is 6.42 Å². The number of pyridine rings is 1. The number of halogens is 5. The SMILES string of the molecule is C#Cc1c(F)ccc2cc(O)cc(-c3ncc4c(N5C[C@H]6CC[C@@H](C5)N6)nc(OC[C@@]56C[C@@H](F)CN5C[C@]5(CC5(F)F)C6)nc4c3F)c12. The van der Waals surface area contributed by atoms with Gasteiger partial charge in [0.05, 0.1) is 21.9 Å². The third-order valence-corrected chi connectivity index (χ3v) is 11.1. The maximum absolute atomic E-state index is 16.8. The molecule has 1 saturated carbocycles. The maximum atomic E-state index is 16.8. The number of alkyl halides is 3. The second-order valence-electron chi connectivity index (χ2n) is 14.2. The van der Waals surface area contributed by atoms with Crippen LogP contribution in [0.3, 0.4) is 0 Å². The highest BCUT2D eigenvalue weighted by atomic mass is 19.3. The molecule has 4 aromatic rings. The minimum absolute atomic E-state index is 0.0491. The first-order valence-electron chi connectivity index (χ1n) is 16.2. The van der Waals surface area contributed by atoms with Gasteiger partial charge in [-0.05, 0) is 42.8 Å². The summed E-state index contributed by atoms with van der Waals surface area (Å²) in [6.07, 6.45) is 7.81. The fourth-order valence-electron chi connectivity index (χ4n) is 8.89. The van der Waals surface area contributed by atoms with E-state index in [4.69, 9.17) is 16.1 Å². The molecule has 48 heavy (non-hydrogen) atoms. The van der Waals surface area contributed by atoms with Crippen LogP contribution in [0.25, 0.3) is 32.9 Å². The number of terminal acetylenes is 1. The first-order valence-corrected chi connectivity index (χ1v) is 16.2. The number of benzene rings is 2. The number of rotatable bonds is 5. The predicted molar refractivity (Wildman–Crippen MR) is 168 cm³/mol. The van der Waals surface area contributed by atoms with Crippen molar-refractivity contribution in [2.45, 2.75) is 61.8 Å². The van der Waals surface area contributed by atoms with E-state index >= 15 is 4.39 Å². The van der Waals surface area contributed by atoms with Crippen molar-refractivity contribution in [3.63, 3.8) is 0 Å². The summed E-state index contributed by atoms with van der Waals surface area (Å²) < 4.78 is 81.5. The van der Waals surface area contributed by atoms with Crippen LogP contribution in [0.5, 0.6) is 11.8 Å². The molecule has 6 heterocycles. The number of aromatic nitrogens is 3. The van der Waals surface area contributed by atoms with Gasteiger partial charge in [0.1, 0.15) is 41.4 Å². The standard InChI is InChI=1S/C35H31F5N6O2/c1-2-23-26(37)6-3-18-7-22(47)8-24(27(18)23)29-28(38)30-25(10-41-29)31(45-12-20-4-5-21(13-45)42-20)44-32(43-30)48-17-34-9-19(36)11-46(34)16-33(14-34)15-35(33,39)40/h1,3,6-8,10,19-21,42,47H,4-5,9,11-17H2/t19-,20-,21+,33-,34+/m1/s1. The molecule has 4 saturated heterocycles. The Balaban J connectivity index is 1.16. The molecular weight excluding hydrogens is 631 g/mol. The van der Waals surface area contributed by atoms with Crippen molar-refractivity contribution in [3.8, 4) is 35.4 Å². The van der Waals surface area contributed by atoms with E-state index < -0.39 is 34.7 Å². The number of hydrogen-bond donors (Lipinski definition) is 2. The molecule has 248 valence electrons. The van der Waals surface area contributed by atoms with Gasteiger partial charge in [-0.2, -0.15) is 9.97 Å². The normalized spacial score (nSPS) is 30.3. The van der Waals surface area contributed by atoms with Gasteiger partial charge < -0.3 is 20.1 Å². The summed E-state index contributed by atoms with van der Waals surface area (Å²) in [6.45, 7) is 1.22. The van der Waals surface area contributed by atoms with Crippen LogP contribution >= 0.6 is 0 Å². The molecule has 5 aliphatic rings. The Hall–Kier alpha value is -4.28. The van der Waals surface area contributed by atoms with E-state index in [1.807, 2.05) is 4.90 Å². The molecule has 5 atom stereocenters. The Morgan fingerprint density at radius 2 is 1.85 bits per heavy atom. The van der Waals surface area contributed by atoms with E-state index in [9.17, 15) is 22.7 Å². The molecule has 8 nitrogen and oxygen atoms in total. The number of fused-ring (bicyclic) bond motifs is 5. The third-order valence-electron chi connectivity index (χ3n) is 11.1. The van der Waals surface area contributed by atoms with Crippen molar-refractivity contribution in [2.75, 3.05) is 37.7 Å². The fraction of sp³-hybridized carbons (Fsp3) is 0.457. The molecule has 0 amide bonds. The second kappa shape index (κ2) is 10.1. The molecular formula is C35H31F5N6O2. The van der Waals surface area contributed by atoms with Crippen LogP contribution in [0.4, 0.5) is 27.8 Å². The van der Waals surface area contributed by atoms with Crippen LogP contribution in [-0.4, -0.2) is 87.5 Å². The molecule has 2 N–H and O–H groups in total. The summed E-state index contributed by atoms with van der Waals surface area (Å²) in [4.78, 5) is 17.5. The number of phenols is 1. The molecule has 1 spiro atoms. The summed E-state index contributed by atoms with van der Waals surface area (Å²) >= 11 is 0. The number of aromatic hydroxyl groups is 1. The van der Waals surface area contributed by atoms with E-state index in [1.165, 1.54) is 30.5 Å². The van der Waals surface area contributed by atoms with Crippen molar-refractivity contribution >= 4 is 27.5 Å². The van der Waals surface area contributed by atoms with E-state index in [1.54, 1.807) is 4.90 Å². The number of anilines is 1. The summed E-state index contributed by atoms with van der Waals surface area (Å²) in [5, 5.41) is 15.0. The largest absolute Gasteiger partial charge is 0.508 e. The maximum Gasteiger partial charge on any atom is 0.319 e. The van der Waals surface area contributed by atoms with Gasteiger partial charge in [0, 0.05) is 68.3 Å². The number of ether oxygens (including phenoxy) is 1. The van der Waals surface area contributed by atoms with E-state index in [-0.39, 0.29) is 90.5 Å². The quantitative estimate of drug-likeness (QED) is 0.219. The molecule has 13 heteroatoms. The number of piperazine rings is 1. The molecule has 2 bridgehead atoms. The topological polar surface area (TPSA) is 86.6 Å². The minimum atomic E-state index is -2.80. The average molecular weight is 663 g/mol. The van der Waals surface area contributed by atoms with Crippen molar-refractivity contribution in [2.24, 2.45) is 5.41 Å². The van der Waals surface area contributed by atoms with Crippen LogP contribution in [0.1, 0.15) is 37.7 Å². The predicted octanol–water partition coefficient (Wildman–Crippen LogP) is 5.34. The molecule has 0 unspecified atom stereocenters. The zero-order chi connectivity index (χ0) is 33.2. The molecule has 2 aromatic heterocycles. The molecule has 9 rings (SSSR count). The zero-order valence-electron chi connectivity index (χ0n) is 25.7. The first-order chi connectivity index (χ1) is 23.0. The Labute approximate surface area is 272 Å². The molecule has 0 radical (unpaired) electrons. The van der Waals surface area contributed by atoms with Gasteiger partial charge in [-0.1, -0.05) is 12.0 Å². The number of hydrogen-bond acceptors (Lipinski definition) is 8. The van der Waals surface area contributed by atoms with Gasteiger partial charge >= 0.3 is 6.01 Å². The minimum Gasteiger partial charge on any atom is -0.508 e. The van der Waals surface area contributed by atoms with Crippen molar-refractivity contribution in [3.05, 3.63) is 47.7 Å². The Kier molecular flexibility index (Phi) is 6.29. The van der Waals surface area contributed by atoms with Crippen molar-refractivity contribution in [1.82, 2.24) is 25.2 Å². The van der Waals surface area contributed by atoms with Crippen LogP contribution in [0.15, 0.2) is 30.5 Å². The monoisotopic (exact) mass is 662 g/mol.